The quantitative estimate of drug-likeness (QED) is 0.798. The lowest BCUT2D eigenvalue weighted by Gasteiger charge is -2.31. The van der Waals surface area contributed by atoms with E-state index in [0.717, 1.165) is 5.56 Å². The van der Waals surface area contributed by atoms with Gasteiger partial charge in [-0.25, -0.2) is 0 Å². The van der Waals surface area contributed by atoms with Crippen molar-refractivity contribution < 1.29 is 14.6 Å². The molecule has 0 aliphatic heterocycles. The average molecular weight is 236 g/mol. The fourth-order valence-corrected chi connectivity index (χ4v) is 1.89. The van der Waals surface area contributed by atoms with Crippen molar-refractivity contribution in [3.63, 3.8) is 0 Å². The van der Waals surface area contributed by atoms with E-state index in [4.69, 9.17) is 4.74 Å². The summed E-state index contributed by atoms with van der Waals surface area (Å²) in [5.74, 6) is -0.523. The van der Waals surface area contributed by atoms with Crippen molar-refractivity contribution in [2.75, 3.05) is 13.2 Å². The van der Waals surface area contributed by atoms with Crippen LogP contribution in [0.1, 0.15) is 32.3 Å². The normalized spacial score (nSPS) is 13.2. The Hall–Kier alpha value is -1.35. The van der Waals surface area contributed by atoms with Crippen LogP contribution in [0.2, 0.25) is 0 Å². The predicted octanol–water partition coefficient (Wildman–Crippen LogP) is 2.35. The molecule has 1 N–H and O–H groups in total. The first kappa shape index (κ1) is 13.7. The van der Waals surface area contributed by atoms with Crippen molar-refractivity contribution in [2.45, 2.75) is 26.7 Å². The van der Waals surface area contributed by atoms with E-state index in [0.29, 0.717) is 6.61 Å². The molecule has 1 atom stereocenters. The highest BCUT2D eigenvalue weighted by Gasteiger charge is 2.38. The summed E-state index contributed by atoms with van der Waals surface area (Å²) < 4.78 is 5.06. The van der Waals surface area contributed by atoms with E-state index in [-0.39, 0.29) is 18.5 Å². The monoisotopic (exact) mass is 236 g/mol. The Bertz CT molecular complexity index is 357. The molecule has 3 heteroatoms. The minimum atomic E-state index is -0.730. The summed E-state index contributed by atoms with van der Waals surface area (Å²) in [7, 11) is 0. The van der Waals surface area contributed by atoms with Crippen LogP contribution in [0.5, 0.6) is 0 Å². The summed E-state index contributed by atoms with van der Waals surface area (Å²) >= 11 is 0. The molecular formula is C14H20O3. The smallest absolute Gasteiger partial charge is 0.312 e. The molecule has 3 nitrogen and oxygen atoms in total. The van der Waals surface area contributed by atoms with Gasteiger partial charge in [-0.05, 0) is 26.3 Å². The topological polar surface area (TPSA) is 46.5 Å². The fourth-order valence-electron chi connectivity index (χ4n) is 1.89. The van der Waals surface area contributed by atoms with E-state index < -0.39 is 5.41 Å². The summed E-state index contributed by atoms with van der Waals surface area (Å²) in [5, 5.41) is 9.52. The molecule has 0 aliphatic carbocycles. The molecular weight excluding hydrogens is 216 g/mol. The van der Waals surface area contributed by atoms with E-state index >= 15 is 0 Å². The first-order chi connectivity index (χ1) is 8.04. The third kappa shape index (κ3) is 3.07. The largest absolute Gasteiger partial charge is 0.466 e. The van der Waals surface area contributed by atoms with Crippen molar-refractivity contribution in [1.82, 2.24) is 0 Å². The van der Waals surface area contributed by atoms with Gasteiger partial charge < -0.3 is 9.84 Å². The number of rotatable bonds is 5. The Kier molecular flexibility index (Phi) is 4.70. The SMILES string of the molecule is CCOC(=O)C(C)(C)C(CO)c1ccccc1. The Balaban J connectivity index is 2.97. The number of aliphatic hydroxyl groups is 1. The van der Waals surface area contributed by atoms with E-state index in [1.54, 1.807) is 20.8 Å². The molecule has 0 heterocycles. The van der Waals surface area contributed by atoms with Gasteiger partial charge in [0.2, 0.25) is 0 Å². The third-order valence-electron chi connectivity index (χ3n) is 3.06. The van der Waals surface area contributed by atoms with Crippen molar-refractivity contribution >= 4 is 5.97 Å². The lowest BCUT2D eigenvalue weighted by Crippen LogP contribution is -2.35. The van der Waals surface area contributed by atoms with Crippen LogP contribution in [0.25, 0.3) is 0 Å². The maximum Gasteiger partial charge on any atom is 0.312 e. The maximum absolute atomic E-state index is 11.9. The summed E-state index contributed by atoms with van der Waals surface area (Å²) in [5.41, 5.74) is 0.222. The zero-order chi connectivity index (χ0) is 12.9. The maximum atomic E-state index is 11.9. The highest BCUT2D eigenvalue weighted by molar-refractivity contribution is 5.77. The number of esters is 1. The molecule has 0 amide bonds. The first-order valence-electron chi connectivity index (χ1n) is 5.87. The molecule has 17 heavy (non-hydrogen) atoms. The summed E-state index contributed by atoms with van der Waals surface area (Å²) in [4.78, 5) is 11.9. The van der Waals surface area contributed by atoms with E-state index in [1.165, 1.54) is 0 Å². The van der Waals surface area contributed by atoms with Gasteiger partial charge in [0.1, 0.15) is 0 Å². The van der Waals surface area contributed by atoms with Crippen molar-refractivity contribution in [3.05, 3.63) is 35.9 Å². The zero-order valence-corrected chi connectivity index (χ0v) is 10.6. The van der Waals surface area contributed by atoms with Crippen LogP contribution in [0.15, 0.2) is 30.3 Å². The van der Waals surface area contributed by atoms with E-state index in [2.05, 4.69) is 0 Å². The van der Waals surface area contributed by atoms with Gasteiger partial charge in [0.05, 0.1) is 18.6 Å². The van der Waals surface area contributed by atoms with Gasteiger partial charge in [0.25, 0.3) is 0 Å². The molecule has 0 aliphatic rings. The first-order valence-corrected chi connectivity index (χ1v) is 5.87. The second kappa shape index (κ2) is 5.82. The van der Waals surface area contributed by atoms with Crippen LogP contribution in [-0.2, 0) is 9.53 Å². The van der Waals surface area contributed by atoms with Crippen molar-refractivity contribution in [3.8, 4) is 0 Å². The van der Waals surface area contributed by atoms with Crippen LogP contribution in [0, 0.1) is 5.41 Å². The Morgan fingerprint density at radius 1 is 1.35 bits per heavy atom. The van der Waals surface area contributed by atoms with Crippen molar-refractivity contribution in [2.24, 2.45) is 5.41 Å². The minimum absolute atomic E-state index is 0.0736. The van der Waals surface area contributed by atoms with Gasteiger partial charge in [-0.15, -0.1) is 0 Å². The summed E-state index contributed by atoms with van der Waals surface area (Å²) in [6.07, 6.45) is 0. The predicted molar refractivity (Wildman–Crippen MR) is 66.7 cm³/mol. The number of carbonyl (C=O) groups excluding carboxylic acids is 1. The summed E-state index contributed by atoms with van der Waals surface area (Å²) in [6.45, 7) is 5.67. The van der Waals surface area contributed by atoms with Gasteiger partial charge in [-0.2, -0.15) is 0 Å². The lowest BCUT2D eigenvalue weighted by molar-refractivity contribution is -0.155. The van der Waals surface area contributed by atoms with Crippen LogP contribution >= 0.6 is 0 Å². The third-order valence-corrected chi connectivity index (χ3v) is 3.06. The highest BCUT2D eigenvalue weighted by atomic mass is 16.5. The molecule has 0 saturated heterocycles. The van der Waals surface area contributed by atoms with Crippen LogP contribution in [0.4, 0.5) is 0 Å². The van der Waals surface area contributed by atoms with Crippen LogP contribution in [0.3, 0.4) is 0 Å². The average Bonchev–Trinajstić information content (AvgIpc) is 2.31. The second-order valence-corrected chi connectivity index (χ2v) is 4.59. The lowest BCUT2D eigenvalue weighted by atomic mass is 9.75. The van der Waals surface area contributed by atoms with Gasteiger partial charge in [0.15, 0.2) is 0 Å². The van der Waals surface area contributed by atoms with Crippen LogP contribution in [-0.4, -0.2) is 24.3 Å². The zero-order valence-electron chi connectivity index (χ0n) is 10.6. The van der Waals surface area contributed by atoms with Gasteiger partial charge in [-0.3, -0.25) is 4.79 Å². The molecule has 0 spiro atoms. The van der Waals surface area contributed by atoms with Gasteiger partial charge >= 0.3 is 5.97 Å². The Labute approximate surface area is 102 Å². The minimum Gasteiger partial charge on any atom is -0.466 e. The molecule has 1 unspecified atom stereocenters. The molecule has 1 aromatic carbocycles. The molecule has 0 radical (unpaired) electrons. The molecule has 0 bridgehead atoms. The van der Waals surface area contributed by atoms with Crippen molar-refractivity contribution in [1.29, 1.82) is 0 Å². The standard InChI is InChI=1S/C14H20O3/c1-4-17-13(16)14(2,3)12(10-15)11-8-6-5-7-9-11/h5-9,12,15H,4,10H2,1-3H3. The number of hydrogen-bond acceptors (Lipinski definition) is 3. The summed E-state index contributed by atoms with van der Waals surface area (Å²) in [6, 6.07) is 9.55. The highest BCUT2D eigenvalue weighted by Crippen LogP contribution is 2.36. The molecule has 1 rings (SSSR count). The number of benzene rings is 1. The number of hydrogen-bond donors (Lipinski definition) is 1. The number of ether oxygens (including phenoxy) is 1. The Morgan fingerprint density at radius 2 is 1.94 bits per heavy atom. The van der Waals surface area contributed by atoms with E-state index in [9.17, 15) is 9.90 Å². The van der Waals surface area contributed by atoms with Gasteiger partial charge in [0, 0.05) is 5.92 Å². The molecule has 94 valence electrons. The van der Waals surface area contributed by atoms with E-state index in [1.807, 2.05) is 30.3 Å². The molecule has 1 aromatic rings. The molecule has 0 aromatic heterocycles. The van der Waals surface area contributed by atoms with Crippen LogP contribution < -0.4 is 0 Å². The Morgan fingerprint density at radius 3 is 2.41 bits per heavy atom. The molecule has 0 saturated carbocycles. The fraction of sp³-hybridized carbons (Fsp3) is 0.500. The van der Waals surface area contributed by atoms with Gasteiger partial charge in [-0.1, -0.05) is 30.3 Å². The second-order valence-electron chi connectivity index (χ2n) is 4.59. The number of aliphatic hydroxyl groups excluding tert-OH is 1. The number of carbonyl (C=O) groups is 1. The molecule has 0 fully saturated rings.